The van der Waals surface area contributed by atoms with E-state index in [1.165, 1.54) is 0 Å². The lowest BCUT2D eigenvalue weighted by Gasteiger charge is -2.37. The molecule has 1 atom stereocenters. The van der Waals surface area contributed by atoms with Crippen LogP contribution in [0.3, 0.4) is 0 Å². The van der Waals surface area contributed by atoms with Gasteiger partial charge < -0.3 is 0 Å². The van der Waals surface area contributed by atoms with Crippen molar-refractivity contribution in [1.82, 2.24) is 4.90 Å². The zero-order valence-corrected chi connectivity index (χ0v) is 10.2. The minimum atomic E-state index is -0.314. The van der Waals surface area contributed by atoms with Crippen LogP contribution >= 0.6 is 24.4 Å². The SMILES string of the molecule is C/C=C1/C(=O)N2C(C(=O)S)=C(CC)S[C@H]12. The van der Waals surface area contributed by atoms with Crippen molar-refractivity contribution in [1.29, 1.82) is 0 Å². The Bertz CT molecular complexity index is 412. The number of carbonyl (C=O) groups is 2. The summed E-state index contributed by atoms with van der Waals surface area (Å²) in [4.78, 5) is 25.5. The van der Waals surface area contributed by atoms with Gasteiger partial charge in [0.15, 0.2) is 0 Å². The van der Waals surface area contributed by atoms with Crippen LogP contribution in [0.1, 0.15) is 20.3 Å². The van der Waals surface area contributed by atoms with E-state index in [1.54, 1.807) is 16.7 Å². The third-order valence-electron chi connectivity index (χ3n) is 2.56. The van der Waals surface area contributed by atoms with E-state index in [0.717, 1.165) is 16.9 Å². The molecule has 2 rings (SSSR count). The van der Waals surface area contributed by atoms with E-state index < -0.39 is 0 Å². The summed E-state index contributed by atoms with van der Waals surface area (Å²) >= 11 is 5.40. The fourth-order valence-electron chi connectivity index (χ4n) is 1.82. The zero-order chi connectivity index (χ0) is 11.2. The molecular formula is C10H11NO2S2. The molecule has 1 fully saturated rings. The quantitative estimate of drug-likeness (QED) is 0.456. The van der Waals surface area contributed by atoms with Crippen molar-refractivity contribution in [3.05, 3.63) is 22.3 Å². The lowest BCUT2D eigenvalue weighted by molar-refractivity contribution is -0.132. The molecule has 0 aliphatic carbocycles. The van der Waals surface area contributed by atoms with E-state index in [9.17, 15) is 9.59 Å². The van der Waals surface area contributed by atoms with Crippen LogP contribution in [0.25, 0.3) is 0 Å². The summed E-state index contributed by atoms with van der Waals surface area (Å²) in [5, 5.41) is -0.297. The van der Waals surface area contributed by atoms with Crippen molar-refractivity contribution in [3.8, 4) is 0 Å². The first-order valence-electron chi connectivity index (χ1n) is 4.74. The molecule has 0 unspecified atom stereocenters. The van der Waals surface area contributed by atoms with E-state index in [0.29, 0.717) is 5.70 Å². The molecule has 2 heterocycles. The number of rotatable bonds is 2. The second-order valence-electron chi connectivity index (χ2n) is 3.32. The maximum absolute atomic E-state index is 11.7. The number of thioether (sulfide) groups is 1. The highest BCUT2D eigenvalue weighted by Crippen LogP contribution is 2.50. The van der Waals surface area contributed by atoms with Gasteiger partial charge in [0, 0.05) is 10.5 Å². The molecule has 0 N–H and O–H groups in total. The van der Waals surface area contributed by atoms with Crippen molar-refractivity contribution in [2.45, 2.75) is 25.6 Å². The van der Waals surface area contributed by atoms with Gasteiger partial charge in [-0.1, -0.05) is 37.4 Å². The van der Waals surface area contributed by atoms with E-state index >= 15 is 0 Å². The Morgan fingerprint density at radius 2 is 2.33 bits per heavy atom. The zero-order valence-electron chi connectivity index (χ0n) is 8.48. The number of allylic oxidation sites excluding steroid dienone is 2. The van der Waals surface area contributed by atoms with Crippen molar-refractivity contribution < 1.29 is 9.59 Å². The molecule has 80 valence electrons. The molecule has 3 nitrogen and oxygen atoms in total. The summed E-state index contributed by atoms with van der Waals surface area (Å²) in [7, 11) is 0. The maximum atomic E-state index is 11.7. The van der Waals surface area contributed by atoms with Gasteiger partial charge in [-0.05, 0) is 13.3 Å². The number of carbonyl (C=O) groups excluding carboxylic acids is 2. The van der Waals surface area contributed by atoms with Crippen molar-refractivity contribution in [3.63, 3.8) is 0 Å². The third-order valence-corrected chi connectivity index (χ3v) is 4.23. The molecule has 1 amide bonds. The smallest absolute Gasteiger partial charge is 0.258 e. The molecule has 15 heavy (non-hydrogen) atoms. The first kappa shape index (κ1) is 10.8. The minimum absolute atomic E-state index is 0.0172. The van der Waals surface area contributed by atoms with E-state index in [4.69, 9.17) is 0 Å². The minimum Gasteiger partial charge on any atom is -0.286 e. The average molecular weight is 241 g/mol. The van der Waals surface area contributed by atoms with Gasteiger partial charge in [0.1, 0.15) is 11.1 Å². The number of fused-ring (bicyclic) bond motifs is 1. The molecular weight excluding hydrogens is 230 g/mol. The molecule has 0 spiro atoms. The first-order valence-corrected chi connectivity index (χ1v) is 6.07. The second kappa shape index (κ2) is 3.72. The summed E-state index contributed by atoms with van der Waals surface area (Å²) in [5.41, 5.74) is 1.27. The number of thiol groups is 1. The monoisotopic (exact) mass is 241 g/mol. The van der Waals surface area contributed by atoms with E-state index in [2.05, 4.69) is 12.6 Å². The fraction of sp³-hybridized carbons (Fsp3) is 0.400. The van der Waals surface area contributed by atoms with Crippen molar-refractivity contribution in [2.75, 3.05) is 0 Å². The summed E-state index contributed by atoms with van der Waals surface area (Å²) in [6.07, 6.45) is 2.58. The van der Waals surface area contributed by atoms with Gasteiger partial charge in [-0.3, -0.25) is 14.5 Å². The summed E-state index contributed by atoms with van der Waals surface area (Å²) in [5.74, 6) is -0.0594. The largest absolute Gasteiger partial charge is 0.286 e. The van der Waals surface area contributed by atoms with Gasteiger partial charge >= 0.3 is 0 Å². The van der Waals surface area contributed by atoms with Crippen LogP contribution in [0.5, 0.6) is 0 Å². The van der Waals surface area contributed by atoms with E-state index in [1.807, 2.05) is 19.9 Å². The standard InChI is InChI=1S/C10H11NO2S2/c1-3-5-8(12)11-7(10(13)14)6(4-2)15-9(5)11/h3,9H,4H2,1-2H3,(H,13,14)/b5-3-/t9-/m1/s1. The highest BCUT2D eigenvalue weighted by Gasteiger charge is 2.50. The second-order valence-corrected chi connectivity index (χ2v) is 4.90. The number of β-lactam (4-membered cyclic amide) rings is 1. The van der Waals surface area contributed by atoms with Crippen molar-refractivity contribution in [2.24, 2.45) is 0 Å². The van der Waals surface area contributed by atoms with Crippen LogP contribution in [0.15, 0.2) is 22.3 Å². The van der Waals surface area contributed by atoms with Gasteiger partial charge in [-0.2, -0.15) is 0 Å². The molecule has 1 saturated heterocycles. The van der Waals surface area contributed by atoms with Gasteiger partial charge in [-0.15, -0.1) is 0 Å². The normalized spacial score (nSPS) is 27.1. The van der Waals surface area contributed by atoms with Gasteiger partial charge in [0.25, 0.3) is 5.91 Å². The van der Waals surface area contributed by atoms with Crippen LogP contribution in [0.2, 0.25) is 0 Å². The predicted molar refractivity (Wildman–Crippen MR) is 63.3 cm³/mol. The molecule has 0 bridgehead atoms. The first-order chi connectivity index (χ1) is 7.11. The van der Waals surface area contributed by atoms with Crippen LogP contribution in [-0.4, -0.2) is 21.3 Å². The lowest BCUT2D eigenvalue weighted by Crippen LogP contribution is -2.50. The van der Waals surface area contributed by atoms with Crippen molar-refractivity contribution >= 4 is 35.4 Å². The topological polar surface area (TPSA) is 37.4 Å². The summed E-state index contributed by atoms with van der Waals surface area (Å²) in [6, 6.07) is 0. The molecule has 2 aliphatic rings. The van der Waals surface area contributed by atoms with Crippen LogP contribution < -0.4 is 0 Å². The number of hydrogen-bond acceptors (Lipinski definition) is 3. The number of nitrogens with zero attached hydrogens (tertiary/aromatic N) is 1. The van der Waals surface area contributed by atoms with Gasteiger partial charge in [0.2, 0.25) is 5.12 Å². The fourth-order valence-corrected chi connectivity index (χ4v) is 3.55. The van der Waals surface area contributed by atoms with Crippen LogP contribution in [0.4, 0.5) is 0 Å². The molecule has 0 aromatic carbocycles. The Kier molecular flexibility index (Phi) is 2.68. The highest BCUT2D eigenvalue weighted by molar-refractivity contribution is 8.04. The Balaban J connectivity index is 2.38. The van der Waals surface area contributed by atoms with Crippen LogP contribution in [0, 0.1) is 0 Å². The lowest BCUT2D eigenvalue weighted by atomic mass is 10.1. The Labute approximate surface area is 98.0 Å². The molecule has 0 saturated carbocycles. The molecule has 2 aliphatic heterocycles. The number of amides is 1. The predicted octanol–water partition coefficient (Wildman–Crippen LogP) is 1.93. The Hall–Kier alpha value is -0.680. The van der Waals surface area contributed by atoms with Gasteiger partial charge in [0.05, 0.1) is 0 Å². The Morgan fingerprint density at radius 1 is 1.67 bits per heavy atom. The maximum Gasteiger partial charge on any atom is 0.258 e. The molecule has 0 radical (unpaired) electrons. The molecule has 0 aromatic rings. The van der Waals surface area contributed by atoms with Crippen LogP contribution in [-0.2, 0) is 9.59 Å². The Morgan fingerprint density at radius 3 is 2.80 bits per heavy atom. The molecule has 5 heteroatoms. The average Bonchev–Trinajstić information content (AvgIpc) is 2.53. The van der Waals surface area contributed by atoms with Gasteiger partial charge in [-0.25, -0.2) is 0 Å². The highest BCUT2D eigenvalue weighted by atomic mass is 32.2. The summed E-state index contributed by atoms with van der Waals surface area (Å²) in [6.45, 7) is 3.82. The van der Waals surface area contributed by atoms with E-state index in [-0.39, 0.29) is 16.4 Å². The number of hydrogen-bond donors (Lipinski definition) is 1. The summed E-state index contributed by atoms with van der Waals surface area (Å²) < 4.78 is 0. The third kappa shape index (κ3) is 1.37. The molecule has 0 aromatic heterocycles.